The monoisotopic (exact) mass is 587 g/mol. The number of hydrogen-bond acceptors (Lipinski definition) is 4. The molecule has 220 valence electrons. The molecule has 0 saturated heterocycles. The summed E-state index contributed by atoms with van der Waals surface area (Å²) in [4.78, 5) is 12.4. The Labute approximate surface area is 231 Å². The highest BCUT2D eigenvalue weighted by molar-refractivity contribution is 7.89. The average molecular weight is 588 g/mol. The number of esters is 1. The Balaban J connectivity index is 1.87. The standard InChI is InChI=1S/C29H34F5NO4S/c1-17(26(36)39-28(3,4)5)9-10-29(11-12-29)25(35-40(37,38)27(33)34)18(2)13-19-7-6-8-23(24(19)32)20-14-21(30)16-22(31)15-20/h6-8,14-16,18,25,27,35H,1,9-13H2,2-5H3/t18-,25+/m0/s1. The number of alkyl halides is 2. The highest BCUT2D eigenvalue weighted by Gasteiger charge is 2.52. The second kappa shape index (κ2) is 12.0. The Bertz CT molecular complexity index is 1350. The van der Waals surface area contributed by atoms with Crippen molar-refractivity contribution in [2.45, 2.75) is 77.2 Å². The largest absolute Gasteiger partial charge is 0.457 e. The molecule has 1 N–H and O–H groups in total. The number of rotatable bonds is 12. The number of sulfonamides is 1. The van der Waals surface area contributed by atoms with E-state index in [1.165, 1.54) is 18.2 Å². The first-order valence-corrected chi connectivity index (χ1v) is 14.4. The first kappa shape index (κ1) is 31.7. The molecule has 40 heavy (non-hydrogen) atoms. The molecule has 0 spiro atoms. The lowest BCUT2D eigenvalue weighted by Crippen LogP contribution is -2.48. The van der Waals surface area contributed by atoms with Crippen molar-refractivity contribution in [3.05, 3.63) is 71.6 Å². The lowest BCUT2D eigenvalue weighted by Gasteiger charge is -2.33. The van der Waals surface area contributed by atoms with Crippen LogP contribution in [0.4, 0.5) is 22.0 Å². The molecular formula is C29H34F5NO4S. The van der Waals surface area contributed by atoms with Crippen molar-refractivity contribution in [1.82, 2.24) is 4.72 Å². The van der Waals surface area contributed by atoms with Crippen LogP contribution in [0.15, 0.2) is 48.6 Å². The third-order valence-electron chi connectivity index (χ3n) is 7.05. The number of hydrogen-bond donors (Lipinski definition) is 1. The van der Waals surface area contributed by atoms with Gasteiger partial charge in [0.1, 0.15) is 23.1 Å². The zero-order valence-electron chi connectivity index (χ0n) is 22.9. The van der Waals surface area contributed by atoms with E-state index in [9.17, 15) is 30.8 Å². The fourth-order valence-electron chi connectivity index (χ4n) is 4.94. The SMILES string of the molecule is C=C(CCC1([C@H](NS(=O)(=O)C(F)F)[C@@H](C)Cc2cccc(-c3cc(F)cc(F)c3)c2F)CC1)C(=O)OC(C)(C)C. The summed E-state index contributed by atoms with van der Waals surface area (Å²) in [6.45, 7) is 10.5. The van der Waals surface area contributed by atoms with Crippen LogP contribution >= 0.6 is 0 Å². The maximum Gasteiger partial charge on any atom is 0.350 e. The molecule has 0 aliphatic heterocycles. The normalized spacial score (nSPS) is 16.4. The van der Waals surface area contributed by atoms with E-state index in [0.717, 1.165) is 12.1 Å². The number of halogens is 5. The number of carbonyl (C=O) groups excluding carboxylic acids is 1. The Morgan fingerprint density at radius 2 is 1.70 bits per heavy atom. The van der Waals surface area contributed by atoms with Gasteiger partial charge in [0.2, 0.25) is 0 Å². The third-order valence-corrected chi connectivity index (χ3v) is 8.10. The molecule has 2 aromatic rings. The molecule has 2 atom stereocenters. The summed E-state index contributed by atoms with van der Waals surface area (Å²) in [6, 6.07) is 5.95. The lowest BCUT2D eigenvalue weighted by molar-refractivity contribution is -0.150. The van der Waals surface area contributed by atoms with Crippen molar-refractivity contribution in [2.24, 2.45) is 11.3 Å². The molecule has 11 heteroatoms. The Morgan fingerprint density at radius 1 is 1.10 bits per heavy atom. The Morgan fingerprint density at radius 3 is 2.23 bits per heavy atom. The van der Waals surface area contributed by atoms with Crippen LogP contribution in [-0.2, 0) is 26.0 Å². The highest BCUT2D eigenvalue weighted by Crippen LogP contribution is 2.55. The summed E-state index contributed by atoms with van der Waals surface area (Å²) < 4.78 is 102. The van der Waals surface area contributed by atoms with Gasteiger partial charge in [-0.25, -0.2) is 31.1 Å². The summed E-state index contributed by atoms with van der Waals surface area (Å²) in [6.07, 6.45) is 1.38. The zero-order chi connectivity index (χ0) is 30.0. The minimum atomic E-state index is -5.00. The van der Waals surface area contributed by atoms with Crippen LogP contribution < -0.4 is 4.72 Å². The van der Waals surface area contributed by atoms with Gasteiger partial charge in [0, 0.05) is 23.2 Å². The van der Waals surface area contributed by atoms with Crippen LogP contribution in [0.1, 0.15) is 58.9 Å². The van der Waals surface area contributed by atoms with Gasteiger partial charge in [-0.3, -0.25) is 0 Å². The maximum atomic E-state index is 15.5. The molecule has 2 aromatic carbocycles. The van der Waals surface area contributed by atoms with E-state index < -0.39 is 62.2 Å². The van der Waals surface area contributed by atoms with E-state index >= 15 is 4.39 Å². The molecule has 0 amide bonds. The molecule has 1 aliphatic rings. The Kier molecular flexibility index (Phi) is 9.51. The summed E-state index contributed by atoms with van der Waals surface area (Å²) in [5.41, 5.74) is -1.26. The summed E-state index contributed by atoms with van der Waals surface area (Å²) in [7, 11) is -5.00. The molecule has 0 radical (unpaired) electrons. The van der Waals surface area contributed by atoms with Crippen molar-refractivity contribution in [3.8, 4) is 11.1 Å². The fraction of sp³-hybridized carbons (Fsp3) is 0.483. The van der Waals surface area contributed by atoms with E-state index in [0.29, 0.717) is 18.9 Å². The molecule has 1 fully saturated rings. The van der Waals surface area contributed by atoms with E-state index in [4.69, 9.17) is 4.74 Å². The van der Waals surface area contributed by atoms with Crippen LogP contribution in [-0.4, -0.2) is 31.8 Å². The summed E-state index contributed by atoms with van der Waals surface area (Å²) >= 11 is 0. The zero-order valence-corrected chi connectivity index (χ0v) is 23.7. The minimum Gasteiger partial charge on any atom is -0.457 e. The van der Waals surface area contributed by atoms with Crippen LogP contribution in [0.2, 0.25) is 0 Å². The smallest absolute Gasteiger partial charge is 0.350 e. The Hall–Kier alpha value is -2.79. The predicted octanol–water partition coefficient (Wildman–Crippen LogP) is 6.92. The molecule has 0 bridgehead atoms. The molecule has 0 unspecified atom stereocenters. The average Bonchev–Trinajstić information content (AvgIpc) is 3.61. The first-order chi connectivity index (χ1) is 18.4. The van der Waals surface area contributed by atoms with Crippen LogP contribution in [0.3, 0.4) is 0 Å². The van der Waals surface area contributed by atoms with Crippen LogP contribution in [0.25, 0.3) is 11.1 Å². The van der Waals surface area contributed by atoms with Crippen molar-refractivity contribution in [2.75, 3.05) is 0 Å². The summed E-state index contributed by atoms with van der Waals surface area (Å²) in [5, 5.41) is 0. The number of nitrogens with one attached hydrogen (secondary N) is 1. The van der Waals surface area contributed by atoms with Gasteiger partial charge in [-0.2, -0.15) is 8.78 Å². The van der Waals surface area contributed by atoms with Crippen molar-refractivity contribution in [1.29, 1.82) is 0 Å². The van der Waals surface area contributed by atoms with Crippen molar-refractivity contribution in [3.63, 3.8) is 0 Å². The molecule has 3 rings (SSSR count). The second-order valence-corrected chi connectivity index (χ2v) is 13.2. The predicted molar refractivity (Wildman–Crippen MR) is 142 cm³/mol. The molecule has 0 aromatic heterocycles. The van der Waals surface area contributed by atoms with Crippen molar-refractivity contribution >= 4 is 16.0 Å². The first-order valence-electron chi connectivity index (χ1n) is 12.9. The van der Waals surface area contributed by atoms with E-state index in [-0.39, 0.29) is 41.5 Å². The second-order valence-electron chi connectivity index (χ2n) is 11.5. The molecular weight excluding hydrogens is 553 g/mol. The van der Waals surface area contributed by atoms with Gasteiger partial charge >= 0.3 is 11.7 Å². The van der Waals surface area contributed by atoms with Gasteiger partial charge in [0.05, 0.1) is 0 Å². The third kappa shape index (κ3) is 7.90. The maximum absolute atomic E-state index is 15.5. The van der Waals surface area contributed by atoms with Gasteiger partial charge < -0.3 is 4.74 Å². The van der Waals surface area contributed by atoms with Crippen molar-refractivity contribution < 1.29 is 39.9 Å². The molecule has 5 nitrogen and oxygen atoms in total. The quantitative estimate of drug-likeness (QED) is 0.166. The van der Waals surface area contributed by atoms with Gasteiger partial charge in [-0.1, -0.05) is 31.7 Å². The summed E-state index contributed by atoms with van der Waals surface area (Å²) in [5.74, 6) is -7.44. The molecule has 0 heterocycles. The lowest BCUT2D eigenvalue weighted by atomic mass is 9.80. The van der Waals surface area contributed by atoms with Gasteiger partial charge in [-0.05, 0) is 87.5 Å². The van der Waals surface area contributed by atoms with Gasteiger partial charge in [0.15, 0.2) is 0 Å². The van der Waals surface area contributed by atoms with Crippen LogP contribution in [0, 0.1) is 28.8 Å². The van der Waals surface area contributed by atoms with E-state index in [2.05, 4.69) is 11.3 Å². The highest BCUT2D eigenvalue weighted by atomic mass is 32.2. The van der Waals surface area contributed by atoms with E-state index in [1.54, 1.807) is 27.7 Å². The van der Waals surface area contributed by atoms with E-state index in [1.807, 2.05) is 0 Å². The van der Waals surface area contributed by atoms with Gasteiger partial charge in [0.25, 0.3) is 10.0 Å². The topological polar surface area (TPSA) is 72.5 Å². The van der Waals surface area contributed by atoms with Gasteiger partial charge in [-0.15, -0.1) is 0 Å². The fourth-order valence-corrected chi connectivity index (χ4v) is 5.88. The van der Waals surface area contributed by atoms with Crippen LogP contribution in [0.5, 0.6) is 0 Å². The number of ether oxygens (including phenoxy) is 1. The minimum absolute atomic E-state index is 0.0150. The number of carbonyl (C=O) groups is 1. The molecule has 1 saturated carbocycles. The number of benzene rings is 2. The molecule has 1 aliphatic carbocycles.